The van der Waals surface area contributed by atoms with E-state index < -0.39 is 0 Å². The molecule has 7 nitrogen and oxygen atoms in total. The molecule has 2 fully saturated rings. The van der Waals surface area contributed by atoms with Gasteiger partial charge < -0.3 is 5.32 Å². The Hall–Kier alpha value is -2.96. The standard InChI is InChI=1S/C21H24N4O3/c1-13-11-14(2)25(23-13)18-10-6-5-9-17(18)22-19(26)12-24-20(27)15-7-3-4-8-16(15)21(24)28/h5-6,9-11,15-16H,3-4,7-8,12H2,1-2H3,(H,22,26)/t15-,16-/m0/s1. The minimum absolute atomic E-state index is 0.198. The summed E-state index contributed by atoms with van der Waals surface area (Å²) >= 11 is 0. The molecule has 4 rings (SSSR count). The van der Waals surface area contributed by atoms with Crippen LogP contribution >= 0.6 is 0 Å². The van der Waals surface area contributed by atoms with Gasteiger partial charge in [-0.2, -0.15) is 5.10 Å². The van der Waals surface area contributed by atoms with Crippen LogP contribution in [0.1, 0.15) is 37.1 Å². The molecule has 28 heavy (non-hydrogen) atoms. The SMILES string of the molecule is Cc1cc(C)n(-c2ccccc2NC(=O)CN2C(=O)[C@H]3CCCC[C@@H]3C2=O)n1. The molecule has 1 aliphatic carbocycles. The van der Waals surface area contributed by atoms with Crippen molar-refractivity contribution in [1.29, 1.82) is 0 Å². The molecule has 146 valence electrons. The van der Waals surface area contributed by atoms with E-state index in [0.29, 0.717) is 5.69 Å². The molecule has 0 bridgehead atoms. The van der Waals surface area contributed by atoms with E-state index >= 15 is 0 Å². The average Bonchev–Trinajstić information content (AvgIpc) is 3.14. The summed E-state index contributed by atoms with van der Waals surface area (Å²) in [5, 5.41) is 7.32. The second kappa shape index (κ2) is 7.22. The van der Waals surface area contributed by atoms with Gasteiger partial charge in [0.1, 0.15) is 6.54 Å². The first-order valence-electron chi connectivity index (χ1n) is 9.73. The monoisotopic (exact) mass is 380 g/mol. The van der Waals surface area contributed by atoms with Crippen molar-refractivity contribution < 1.29 is 14.4 Å². The predicted molar refractivity (Wildman–Crippen MR) is 104 cm³/mol. The molecular weight excluding hydrogens is 356 g/mol. The van der Waals surface area contributed by atoms with Crippen LogP contribution in [0.5, 0.6) is 0 Å². The minimum Gasteiger partial charge on any atom is -0.323 e. The average molecular weight is 380 g/mol. The summed E-state index contributed by atoms with van der Waals surface area (Å²) in [6.45, 7) is 3.62. The zero-order chi connectivity index (χ0) is 19.8. The van der Waals surface area contributed by atoms with E-state index in [1.807, 2.05) is 38.1 Å². The maximum atomic E-state index is 12.7. The molecule has 0 unspecified atom stereocenters. The molecular formula is C21H24N4O3. The number of para-hydroxylation sites is 2. The van der Waals surface area contributed by atoms with Crippen LogP contribution in [0.25, 0.3) is 5.69 Å². The van der Waals surface area contributed by atoms with Gasteiger partial charge in [0.15, 0.2) is 0 Å². The summed E-state index contributed by atoms with van der Waals surface area (Å²) in [5.41, 5.74) is 3.17. The second-order valence-electron chi connectivity index (χ2n) is 7.66. The molecule has 2 aromatic rings. The van der Waals surface area contributed by atoms with Crippen molar-refractivity contribution in [2.75, 3.05) is 11.9 Å². The molecule has 2 atom stereocenters. The van der Waals surface area contributed by atoms with Gasteiger partial charge in [0.25, 0.3) is 0 Å². The Morgan fingerprint density at radius 3 is 2.36 bits per heavy atom. The van der Waals surface area contributed by atoms with E-state index in [-0.39, 0.29) is 36.1 Å². The Balaban J connectivity index is 1.51. The van der Waals surface area contributed by atoms with Crippen molar-refractivity contribution in [2.24, 2.45) is 11.8 Å². The van der Waals surface area contributed by atoms with Crippen molar-refractivity contribution >= 4 is 23.4 Å². The van der Waals surface area contributed by atoms with Crippen LogP contribution in [0, 0.1) is 25.7 Å². The normalized spacial score (nSPS) is 21.7. The van der Waals surface area contributed by atoms with Gasteiger partial charge in [-0.15, -0.1) is 0 Å². The third-order valence-electron chi connectivity index (χ3n) is 5.65. The first-order valence-corrected chi connectivity index (χ1v) is 9.73. The first kappa shape index (κ1) is 18.4. The topological polar surface area (TPSA) is 84.3 Å². The van der Waals surface area contributed by atoms with Crippen molar-refractivity contribution in [2.45, 2.75) is 39.5 Å². The molecule has 1 aliphatic heterocycles. The third-order valence-corrected chi connectivity index (χ3v) is 5.65. The van der Waals surface area contributed by atoms with Gasteiger partial charge in [-0.05, 0) is 44.9 Å². The predicted octanol–water partition coefficient (Wildman–Crippen LogP) is 2.60. The summed E-state index contributed by atoms with van der Waals surface area (Å²) < 4.78 is 1.77. The Morgan fingerprint density at radius 2 is 1.75 bits per heavy atom. The van der Waals surface area contributed by atoms with Crippen LogP contribution in [0.4, 0.5) is 5.69 Å². The Labute approximate surface area is 163 Å². The molecule has 2 aliphatic rings. The molecule has 1 aromatic heterocycles. The number of anilines is 1. The molecule has 0 spiro atoms. The third kappa shape index (κ3) is 3.21. The highest BCUT2D eigenvalue weighted by molar-refractivity contribution is 6.08. The van der Waals surface area contributed by atoms with Crippen LogP contribution < -0.4 is 5.32 Å². The fraction of sp³-hybridized carbons (Fsp3) is 0.429. The van der Waals surface area contributed by atoms with E-state index in [0.717, 1.165) is 47.7 Å². The summed E-state index contributed by atoms with van der Waals surface area (Å²) in [7, 11) is 0. The number of rotatable bonds is 4. The number of likely N-dealkylation sites (tertiary alicyclic amines) is 1. The van der Waals surface area contributed by atoms with Gasteiger partial charge in [0.2, 0.25) is 17.7 Å². The van der Waals surface area contributed by atoms with Gasteiger partial charge in [0, 0.05) is 5.69 Å². The van der Waals surface area contributed by atoms with Crippen molar-refractivity contribution in [1.82, 2.24) is 14.7 Å². The zero-order valence-electron chi connectivity index (χ0n) is 16.1. The number of carbonyl (C=O) groups excluding carboxylic acids is 3. The minimum atomic E-state index is -0.380. The lowest BCUT2D eigenvalue weighted by Crippen LogP contribution is -2.38. The lowest BCUT2D eigenvalue weighted by Gasteiger charge is -2.19. The Bertz CT molecular complexity index is 925. The van der Waals surface area contributed by atoms with Crippen LogP contribution in [0.2, 0.25) is 0 Å². The number of aromatic nitrogens is 2. The number of nitrogens with zero attached hydrogens (tertiary/aromatic N) is 3. The van der Waals surface area contributed by atoms with Gasteiger partial charge in [0.05, 0.1) is 28.9 Å². The maximum Gasteiger partial charge on any atom is 0.244 e. The summed E-state index contributed by atoms with van der Waals surface area (Å²) in [6.07, 6.45) is 3.43. The fourth-order valence-electron chi connectivity index (χ4n) is 4.36. The van der Waals surface area contributed by atoms with E-state index in [1.54, 1.807) is 10.7 Å². The molecule has 3 amide bonds. The van der Waals surface area contributed by atoms with E-state index in [4.69, 9.17) is 0 Å². The number of nitrogens with one attached hydrogen (secondary N) is 1. The summed E-state index contributed by atoms with van der Waals surface area (Å²) in [5.74, 6) is -1.25. The smallest absolute Gasteiger partial charge is 0.244 e. The molecule has 0 radical (unpaired) electrons. The van der Waals surface area contributed by atoms with Crippen molar-refractivity contribution in [3.63, 3.8) is 0 Å². The lowest BCUT2D eigenvalue weighted by molar-refractivity contribution is -0.142. The highest BCUT2D eigenvalue weighted by atomic mass is 16.2. The summed E-state index contributed by atoms with van der Waals surface area (Å²) in [4.78, 5) is 39.0. The van der Waals surface area contributed by atoms with Crippen molar-refractivity contribution in [3.8, 4) is 5.69 Å². The Kier molecular flexibility index (Phi) is 4.75. The Morgan fingerprint density at radius 1 is 1.11 bits per heavy atom. The highest BCUT2D eigenvalue weighted by Gasteiger charge is 2.48. The molecule has 1 saturated heterocycles. The molecule has 1 N–H and O–H groups in total. The number of aryl methyl sites for hydroxylation is 2. The molecule has 1 aromatic carbocycles. The van der Waals surface area contributed by atoms with E-state index in [1.165, 1.54) is 0 Å². The van der Waals surface area contributed by atoms with Crippen LogP contribution in [-0.2, 0) is 14.4 Å². The number of hydrogen-bond donors (Lipinski definition) is 1. The number of hydrogen-bond acceptors (Lipinski definition) is 4. The fourth-order valence-corrected chi connectivity index (χ4v) is 4.36. The van der Waals surface area contributed by atoms with E-state index in [2.05, 4.69) is 10.4 Å². The van der Waals surface area contributed by atoms with Gasteiger partial charge >= 0.3 is 0 Å². The largest absolute Gasteiger partial charge is 0.323 e. The maximum absolute atomic E-state index is 12.7. The lowest BCUT2D eigenvalue weighted by atomic mass is 9.81. The number of fused-ring (bicyclic) bond motifs is 1. The van der Waals surface area contributed by atoms with Crippen LogP contribution in [0.3, 0.4) is 0 Å². The highest BCUT2D eigenvalue weighted by Crippen LogP contribution is 2.37. The molecule has 7 heteroatoms. The number of imide groups is 1. The van der Waals surface area contributed by atoms with Crippen LogP contribution in [-0.4, -0.2) is 38.9 Å². The van der Waals surface area contributed by atoms with Crippen molar-refractivity contribution in [3.05, 3.63) is 41.7 Å². The summed E-state index contributed by atoms with van der Waals surface area (Å²) in [6, 6.07) is 9.32. The molecule has 2 heterocycles. The second-order valence-corrected chi connectivity index (χ2v) is 7.66. The van der Waals surface area contributed by atoms with E-state index in [9.17, 15) is 14.4 Å². The van der Waals surface area contributed by atoms with Crippen LogP contribution in [0.15, 0.2) is 30.3 Å². The first-order chi connectivity index (χ1) is 13.5. The number of carbonyl (C=O) groups is 3. The number of benzene rings is 1. The number of amides is 3. The van der Waals surface area contributed by atoms with Gasteiger partial charge in [-0.25, -0.2) is 4.68 Å². The molecule has 1 saturated carbocycles. The quantitative estimate of drug-likeness (QED) is 0.827. The van der Waals surface area contributed by atoms with Gasteiger partial charge in [-0.1, -0.05) is 25.0 Å². The van der Waals surface area contributed by atoms with Gasteiger partial charge in [-0.3, -0.25) is 19.3 Å². The zero-order valence-corrected chi connectivity index (χ0v) is 16.1.